The summed E-state index contributed by atoms with van der Waals surface area (Å²) in [6.45, 7) is 2.96. The van der Waals surface area contributed by atoms with E-state index in [-0.39, 0.29) is 4.90 Å². The van der Waals surface area contributed by atoms with Crippen molar-refractivity contribution in [1.29, 1.82) is 0 Å². The molecule has 1 aliphatic rings. The molecule has 1 saturated heterocycles. The first-order valence-electron chi connectivity index (χ1n) is 9.80. The number of thiazole rings is 2. The number of para-hydroxylation sites is 1. The van der Waals surface area contributed by atoms with E-state index in [1.54, 1.807) is 30.3 Å². The van der Waals surface area contributed by atoms with Crippen molar-refractivity contribution in [2.75, 3.05) is 48.5 Å². The zero-order valence-corrected chi connectivity index (χ0v) is 20.6. The van der Waals surface area contributed by atoms with E-state index in [0.29, 0.717) is 10.4 Å². The summed E-state index contributed by atoms with van der Waals surface area (Å²) in [5, 5.41) is 1.69. The molecule has 4 aromatic rings. The minimum Gasteiger partial charge on any atom is -0.345 e. The number of piperazine rings is 1. The third kappa shape index (κ3) is 3.96. The Bertz CT molecular complexity index is 1550. The van der Waals surface area contributed by atoms with Crippen LogP contribution in [0, 0.1) is 0 Å². The largest absolute Gasteiger partial charge is 0.345 e. The molecule has 8 nitrogen and oxygen atoms in total. The standard InChI is InChI=1S/C20H20N4O4S4/c1-31(25,26)13-6-7-14-16(12-13)30-19(21-14)23-8-10-24(11-9-23)20-22-18-15(29-20)4-3-5-17(18)32(2,27)28/h3-7,12H,8-11H2,1-2H3. The van der Waals surface area contributed by atoms with Crippen LogP contribution in [0.2, 0.25) is 0 Å². The van der Waals surface area contributed by atoms with Gasteiger partial charge in [0.1, 0.15) is 5.52 Å². The average Bonchev–Trinajstić information content (AvgIpc) is 3.36. The Morgan fingerprint density at radius 2 is 1.41 bits per heavy atom. The lowest BCUT2D eigenvalue weighted by Crippen LogP contribution is -2.46. The van der Waals surface area contributed by atoms with Gasteiger partial charge in [0.15, 0.2) is 29.9 Å². The van der Waals surface area contributed by atoms with Gasteiger partial charge in [0.2, 0.25) is 0 Å². The lowest BCUT2D eigenvalue weighted by molar-refractivity contribution is 0.600. The Labute approximate surface area is 194 Å². The van der Waals surface area contributed by atoms with Crippen LogP contribution in [0.1, 0.15) is 0 Å². The maximum absolute atomic E-state index is 12.1. The number of aromatic nitrogens is 2. The van der Waals surface area contributed by atoms with E-state index >= 15 is 0 Å². The zero-order chi connectivity index (χ0) is 22.7. The van der Waals surface area contributed by atoms with Gasteiger partial charge in [0, 0.05) is 38.7 Å². The Hall–Kier alpha value is -2.28. The predicted octanol–water partition coefficient (Wildman–Crippen LogP) is 3.04. The molecule has 12 heteroatoms. The summed E-state index contributed by atoms with van der Waals surface area (Å²) in [7, 11) is -6.60. The first-order chi connectivity index (χ1) is 15.1. The van der Waals surface area contributed by atoms with Gasteiger partial charge in [-0.15, -0.1) is 0 Å². The van der Waals surface area contributed by atoms with E-state index in [9.17, 15) is 16.8 Å². The minimum absolute atomic E-state index is 0.263. The number of hydrogen-bond acceptors (Lipinski definition) is 10. The summed E-state index contributed by atoms with van der Waals surface area (Å²) >= 11 is 2.99. The molecular formula is C20H20N4O4S4. The molecule has 2 aromatic carbocycles. The third-order valence-corrected chi connectivity index (χ3v) is 9.77. The third-order valence-electron chi connectivity index (χ3n) is 5.37. The molecule has 0 amide bonds. The highest BCUT2D eigenvalue weighted by atomic mass is 32.2. The van der Waals surface area contributed by atoms with Crippen molar-refractivity contribution in [2.24, 2.45) is 0 Å². The number of rotatable bonds is 4. The maximum atomic E-state index is 12.1. The van der Waals surface area contributed by atoms with Gasteiger partial charge >= 0.3 is 0 Å². The van der Waals surface area contributed by atoms with Crippen molar-refractivity contribution in [2.45, 2.75) is 9.79 Å². The van der Waals surface area contributed by atoms with E-state index in [0.717, 1.165) is 51.4 Å². The molecule has 0 aliphatic carbocycles. The van der Waals surface area contributed by atoms with Crippen LogP contribution in [-0.4, -0.2) is 65.5 Å². The second-order valence-electron chi connectivity index (χ2n) is 7.74. The lowest BCUT2D eigenvalue weighted by atomic mass is 10.3. The normalized spacial score (nSPS) is 15.7. The second kappa shape index (κ2) is 7.65. The number of sulfone groups is 2. The van der Waals surface area contributed by atoms with Crippen molar-refractivity contribution in [1.82, 2.24) is 9.97 Å². The van der Waals surface area contributed by atoms with Gasteiger partial charge in [0.25, 0.3) is 0 Å². The zero-order valence-electron chi connectivity index (χ0n) is 17.3. The predicted molar refractivity (Wildman–Crippen MR) is 130 cm³/mol. The molecular weight excluding hydrogens is 489 g/mol. The van der Waals surface area contributed by atoms with Gasteiger partial charge in [-0.2, -0.15) is 0 Å². The quantitative estimate of drug-likeness (QED) is 0.415. The smallest absolute Gasteiger partial charge is 0.186 e. The van der Waals surface area contributed by atoms with E-state index < -0.39 is 19.7 Å². The van der Waals surface area contributed by atoms with Gasteiger partial charge in [-0.05, 0) is 30.3 Å². The summed E-state index contributed by atoms with van der Waals surface area (Å²) in [5.74, 6) is 0. The Morgan fingerprint density at radius 1 is 0.781 bits per heavy atom. The topological polar surface area (TPSA) is 101 Å². The number of benzene rings is 2. The molecule has 1 fully saturated rings. The van der Waals surface area contributed by atoms with Crippen LogP contribution < -0.4 is 9.80 Å². The molecule has 32 heavy (non-hydrogen) atoms. The van der Waals surface area contributed by atoms with E-state index in [1.807, 2.05) is 6.07 Å². The number of fused-ring (bicyclic) bond motifs is 2. The highest BCUT2D eigenvalue weighted by Crippen LogP contribution is 2.35. The van der Waals surface area contributed by atoms with Crippen LogP contribution in [0.4, 0.5) is 10.3 Å². The summed E-state index contributed by atoms with van der Waals surface area (Å²) < 4.78 is 49.5. The number of hydrogen-bond donors (Lipinski definition) is 0. The van der Waals surface area contributed by atoms with Gasteiger partial charge in [-0.1, -0.05) is 28.7 Å². The Balaban J connectivity index is 1.36. The molecule has 5 rings (SSSR count). The van der Waals surface area contributed by atoms with Crippen LogP contribution in [-0.2, 0) is 19.7 Å². The number of anilines is 2. The molecule has 0 bridgehead atoms. The summed E-state index contributed by atoms with van der Waals surface area (Å²) in [6.07, 6.45) is 2.41. The molecule has 0 spiro atoms. The monoisotopic (exact) mass is 508 g/mol. The molecule has 0 saturated carbocycles. The fraction of sp³-hybridized carbons (Fsp3) is 0.300. The summed E-state index contributed by atoms with van der Waals surface area (Å²) in [5.41, 5.74) is 1.32. The number of nitrogens with zero attached hydrogens (tertiary/aromatic N) is 4. The second-order valence-corrected chi connectivity index (χ2v) is 13.8. The highest BCUT2D eigenvalue weighted by Gasteiger charge is 2.24. The molecule has 168 valence electrons. The maximum Gasteiger partial charge on any atom is 0.186 e. The van der Waals surface area contributed by atoms with E-state index in [1.165, 1.54) is 35.2 Å². The molecule has 0 radical (unpaired) electrons. The van der Waals surface area contributed by atoms with Crippen LogP contribution >= 0.6 is 22.7 Å². The lowest BCUT2D eigenvalue weighted by Gasteiger charge is -2.34. The fourth-order valence-corrected chi connectivity index (χ4v) is 7.41. The van der Waals surface area contributed by atoms with Crippen molar-refractivity contribution in [3.05, 3.63) is 36.4 Å². The SMILES string of the molecule is CS(=O)(=O)c1ccc2nc(N3CCN(c4nc5c(S(C)(=O)=O)cccc5s4)CC3)sc2c1. The highest BCUT2D eigenvalue weighted by molar-refractivity contribution is 7.91. The van der Waals surface area contributed by atoms with Gasteiger partial charge in [-0.25, -0.2) is 26.8 Å². The summed E-state index contributed by atoms with van der Waals surface area (Å²) in [4.78, 5) is 14.3. The Kier molecular flexibility index (Phi) is 5.15. The summed E-state index contributed by atoms with van der Waals surface area (Å²) in [6, 6.07) is 10.3. The Morgan fingerprint density at radius 3 is 2.03 bits per heavy atom. The molecule has 1 aliphatic heterocycles. The fourth-order valence-electron chi connectivity index (χ4n) is 3.69. The first kappa shape index (κ1) is 21.6. The molecule has 0 unspecified atom stereocenters. The average molecular weight is 509 g/mol. The van der Waals surface area contributed by atoms with E-state index in [4.69, 9.17) is 0 Å². The molecule has 2 aromatic heterocycles. The van der Waals surface area contributed by atoms with Gasteiger partial charge < -0.3 is 9.80 Å². The minimum atomic E-state index is -3.34. The molecule has 0 atom stereocenters. The van der Waals surface area contributed by atoms with Crippen molar-refractivity contribution < 1.29 is 16.8 Å². The van der Waals surface area contributed by atoms with Crippen molar-refractivity contribution in [3.63, 3.8) is 0 Å². The molecule has 0 N–H and O–H groups in total. The van der Waals surface area contributed by atoms with Gasteiger partial charge in [0.05, 0.1) is 24.7 Å². The first-order valence-corrected chi connectivity index (χ1v) is 15.2. The van der Waals surface area contributed by atoms with E-state index in [2.05, 4.69) is 19.8 Å². The van der Waals surface area contributed by atoms with Crippen LogP contribution in [0.3, 0.4) is 0 Å². The molecule has 3 heterocycles. The van der Waals surface area contributed by atoms with Crippen LogP contribution in [0.5, 0.6) is 0 Å². The van der Waals surface area contributed by atoms with Crippen LogP contribution in [0.15, 0.2) is 46.2 Å². The van der Waals surface area contributed by atoms with Crippen LogP contribution in [0.25, 0.3) is 20.4 Å². The van der Waals surface area contributed by atoms with Crippen molar-refractivity contribution >= 4 is 73.0 Å². The van der Waals surface area contributed by atoms with Crippen molar-refractivity contribution in [3.8, 4) is 0 Å². The van der Waals surface area contributed by atoms with Gasteiger partial charge in [-0.3, -0.25) is 0 Å².